The average Bonchev–Trinajstić information content (AvgIpc) is 2.28. The summed E-state index contributed by atoms with van der Waals surface area (Å²) in [6.07, 6.45) is 4.70. The highest BCUT2D eigenvalue weighted by Gasteiger charge is 2.40. The quantitative estimate of drug-likeness (QED) is 0.728. The Hall–Kier alpha value is -1.15. The van der Waals surface area contributed by atoms with Gasteiger partial charge in [-0.15, -0.1) is 0 Å². The lowest BCUT2D eigenvalue weighted by atomic mass is 9.64. The molecule has 1 saturated carbocycles. The Labute approximate surface area is 103 Å². The molecule has 0 aliphatic heterocycles. The normalized spacial score (nSPS) is 17.8. The molecule has 0 spiro atoms. The zero-order valence-electron chi connectivity index (χ0n) is 10.6. The van der Waals surface area contributed by atoms with Crippen molar-refractivity contribution in [1.29, 1.82) is 0 Å². The molecular formula is C15H20O2. The molecule has 0 radical (unpaired) electrons. The van der Waals surface area contributed by atoms with Gasteiger partial charge in [-0.1, -0.05) is 30.7 Å². The summed E-state index contributed by atoms with van der Waals surface area (Å²) >= 11 is 0. The highest BCUT2D eigenvalue weighted by Crippen LogP contribution is 2.45. The fourth-order valence-electron chi connectivity index (χ4n) is 2.50. The molecule has 0 aromatic heterocycles. The van der Waals surface area contributed by atoms with Gasteiger partial charge in [-0.3, -0.25) is 4.79 Å². The Kier molecular flexibility index (Phi) is 3.63. The molecule has 0 saturated heterocycles. The maximum absolute atomic E-state index is 11.1. The predicted molar refractivity (Wildman–Crippen MR) is 68.4 cm³/mol. The number of rotatable bonds is 5. The van der Waals surface area contributed by atoms with Gasteiger partial charge in [0.2, 0.25) is 0 Å². The van der Waals surface area contributed by atoms with E-state index in [1.54, 1.807) is 0 Å². The molecule has 1 aromatic rings. The first kappa shape index (κ1) is 12.3. The van der Waals surface area contributed by atoms with Gasteiger partial charge in [-0.05, 0) is 32.3 Å². The van der Waals surface area contributed by atoms with Gasteiger partial charge in [0.05, 0.1) is 12.7 Å². The summed E-state index contributed by atoms with van der Waals surface area (Å²) in [5.74, 6) is 0. The second-order valence-corrected chi connectivity index (χ2v) is 5.20. The fourth-order valence-corrected chi connectivity index (χ4v) is 2.50. The lowest BCUT2D eigenvalue weighted by molar-refractivity contribution is 0.00967. The monoisotopic (exact) mass is 232 g/mol. The maximum Gasteiger partial charge on any atom is 0.150 e. The van der Waals surface area contributed by atoms with E-state index in [2.05, 4.69) is 19.9 Å². The van der Waals surface area contributed by atoms with Crippen molar-refractivity contribution in [3.8, 4) is 0 Å². The van der Waals surface area contributed by atoms with Gasteiger partial charge < -0.3 is 4.74 Å². The van der Waals surface area contributed by atoms with Crippen LogP contribution in [0.3, 0.4) is 0 Å². The Balaban J connectivity index is 2.24. The van der Waals surface area contributed by atoms with Gasteiger partial charge in [0.15, 0.2) is 0 Å². The van der Waals surface area contributed by atoms with Crippen molar-refractivity contribution in [2.45, 2.75) is 44.6 Å². The van der Waals surface area contributed by atoms with Crippen LogP contribution in [0.4, 0.5) is 0 Å². The molecule has 0 atom stereocenters. The van der Waals surface area contributed by atoms with E-state index in [0.29, 0.717) is 0 Å². The molecule has 2 heteroatoms. The van der Waals surface area contributed by atoms with Crippen LogP contribution < -0.4 is 0 Å². The summed E-state index contributed by atoms with van der Waals surface area (Å²) in [6, 6.07) is 7.91. The predicted octanol–water partition coefficient (Wildman–Crippen LogP) is 3.35. The van der Waals surface area contributed by atoms with Crippen molar-refractivity contribution in [1.82, 2.24) is 0 Å². The third kappa shape index (κ3) is 2.42. The van der Waals surface area contributed by atoms with Gasteiger partial charge in [0.1, 0.15) is 6.29 Å². The Bertz CT molecular complexity index is 392. The molecule has 2 rings (SSSR count). The first-order valence-corrected chi connectivity index (χ1v) is 6.34. The molecule has 1 aromatic carbocycles. The van der Waals surface area contributed by atoms with Crippen molar-refractivity contribution < 1.29 is 9.53 Å². The molecule has 1 aliphatic rings. The Morgan fingerprint density at radius 2 is 2.06 bits per heavy atom. The van der Waals surface area contributed by atoms with E-state index in [-0.39, 0.29) is 11.5 Å². The number of ether oxygens (including phenoxy) is 1. The highest BCUT2D eigenvalue weighted by atomic mass is 16.5. The maximum atomic E-state index is 11.1. The van der Waals surface area contributed by atoms with Crippen LogP contribution in [-0.2, 0) is 10.2 Å². The lowest BCUT2D eigenvalue weighted by Gasteiger charge is -2.43. The van der Waals surface area contributed by atoms with E-state index in [9.17, 15) is 4.79 Å². The molecule has 2 nitrogen and oxygen atoms in total. The van der Waals surface area contributed by atoms with Crippen LogP contribution in [0.1, 0.15) is 49.0 Å². The SMILES string of the molecule is CC(C)OCC1(c2ccccc2C=O)CCC1. The first-order chi connectivity index (χ1) is 8.18. The summed E-state index contributed by atoms with van der Waals surface area (Å²) in [5.41, 5.74) is 2.07. The molecule has 92 valence electrons. The fraction of sp³-hybridized carbons (Fsp3) is 0.533. The van der Waals surface area contributed by atoms with E-state index < -0.39 is 0 Å². The smallest absolute Gasteiger partial charge is 0.150 e. The molecule has 1 fully saturated rings. The van der Waals surface area contributed by atoms with Gasteiger partial charge in [-0.2, -0.15) is 0 Å². The molecular weight excluding hydrogens is 212 g/mol. The largest absolute Gasteiger partial charge is 0.378 e. The van der Waals surface area contributed by atoms with Crippen molar-refractivity contribution in [3.63, 3.8) is 0 Å². The van der Waals surface area contributed by atoms with Gasteiger partial charge in [0, 0.05) is 11.0 Å². The van der Waals surface area contributed by atoms with Gasteiger partial charge >= 0.3 is 0 Å². The molecule has 0 amide bonds. The van der Waals surface area contributed by atoms with Crippen LogP contribution in [0.5, 0.6) is 0 Å². The van der Waals surface area contributed by atoms with Crippen molar-refractivity contribution in [2.75, 3.05) is 6.61 Å². The van der Waals surface area contributed by atoms with E-state index in [1.165, 1.54) is 12.0 Å². The van der Waals surface area contributed by atoms with E-state index in [1.807, 2.05) is 18.2 Å². The molecule has 17 heavy (non-hydrogen) atoms. The Morgan fingerprint density at radius 3 is 2.59 bits per heavy atom. The van der Waals surface area contributed by atoms with E-state index in [0.717, 1.165) is 31.3 Å². The molecule has 0 bridgehead atoms. The third-order valence-corrected chi connectivity index (χ3v) is 3.66. The van der Waals surface area contributed by atoms with Crippen LogP contribution in [-0.4, -0.2) is 19.0 Å². The minimum Gasteiger partial charge on any atom is -0.378 e. The highest BCUT2D eigenvalue weighted by molar-refractivity contribution is 5.78. The van der Waals surface area contributed by atoms with Crippen LogP contribution in [0.25, 0.3) is 0 Å². The van der Waals surface area contributed by atoms with Crippen molar-refractivity contribution in [3.05, 3.63) is 35.4 Å². The minimum absolute atomic E-state index is 0.0851. The second-order valence-electron chi connectivity index (χ2n) is 5.20. The van der Waals surface area contributed by atoms with Crippen LogP contribution in [0, 0.1) is 0 Å². The van der Waals surface area contributed by atoms with Crippen LogP contribution in [0.15, 0.2) is 24.3 Å². The Morgan fingerprint density at radius 1 is 1.35 bits per heavy atom. The first-order valence-electron chi connectivity index (χ1n) is 6.34. The molecule has 0 N–H and O–H groups in total. The molecule has 0 unspecified atom stereocenters. The summed E-state index contributed by atoms with van der Waals surface area (Å²) in [5, 5.41) is 0. The number of carbonyl (C=O) groups is 1. The number of benzene rings is 1. The zero-order valence-corrected chi connectivity index (χ0v) is 10.6. The van der Waals surface area contributed by atoms with Crippen LogP contribution in [0.2, 0.25) is 0 Å². The molecule has 1 aliphatic carbocycles. The summed E-state index contributed by atoms with van der Waals surface area (Å²) < 4.78 is 5.79. The number of hydrogen-bond donors (Lipinski definition) is 0. The van der Waals surface area contributed by atoms with Crippen molar-refractivity contribution >= 4 is 6.29 Å². The van der Waals surface area contributed by atoms with E-state index in [4.69, 9.17) is 4.74 Å². The standard InChI is InChI=1S/C15H20O2/c1-12(2)17-11-15(8-5-9-15)14-7-4-3-6-13(14)10-16/h3-4,6-7,10,12H,5,8-9,11H2,1-2H3. The number of hydrogen-bond acceptors (Lipinski definition) is 2. The van der Waals surface area contributed by atoms with Gasteiger partial charge in [0.25, 0.3) is 0 Å². The van der Waals surface area contributed by atoms with Crippen molar-refractivity contribution in [2.24, 2.45) is 0 Å². The van der Waals surface area contributed by atoms with Crippen LogP contribution >= 0.6 is 0 Å². The van der Waals surface area contributed by atoms with E-state index >= 15 is 0 Å². The second kappa shape index (κ2) is 5.01. The summed E-state index contributed by atoms with van der Waals surface area (Å²) in [4.78, 5) is 11.1. The lowest BCUT2D eigenvalue weighted by Crippen LogP contribution is -2.40. The van der Waals surface area contributed by atoms with Gasteiger partial charge in [-0.25, -0.2) is 0 Å². The summed E-state index contributed by atoms with van der Waals surface area (Å²) in [7, 11) is 0. The zero-order chi connectivity index (χ0) is 12.3. The topological polar surface area (TPSA) is 26.3 Å². The molecule has 0 heterocycles. The third-order valence-electron chi connectivity index (χ3n) is 3.66. The number of aldehydes is 1. The average molecular weight is 232 g/mol. The minimum atomic E-state index is 0.0851. The summed E-state index contributed by atoms with van der Waals surface area (Å²) in [6.45, 7) is 4.84. The number of carbonyl (C=O) groups excluding carboxylic acids is 1.